The summed E-state index contributed by atoms with van der Waals surface area (Å²) in [7, 11) is 0. The van der Waals surface area contributed by atoms with Crippen LogP contribution < -0.4 is 0 Å². The molecule has 0 bridgehead atoms. The van der Waals surface area contributed by atoms with Gasteiger partial charge >= 0.3 is 0 Å². The smallest absolute Gasteiger partial charge is 0.137 e. The van der Waals surface area contributed by atoms with E-state index in [-0.39, 0.29) is 10.0 Å². The van der Waals surface area contributed by atoms with Crippen molar-refractivity contribution in [2.45, 2.75) is 12.3 Å². The van der Waals surface area contributed by atoms with Gasteiger partial charge in [-0.15, -0.1) is 11.6 Å². The average Bonchev–Trinajstić information content (AvgIpc) is 2.36. The maximum absolute atomic E-state index is 13.8. The molecule has 1 atom stereocenters. The maximum atomic E-state index is 13.8. The van der Waals surface area contributed by atoms with Crippen LogP contribution in [-0.2, 0) is 0 Å². The van der Waals surface area contributed by atoms with E-state index >= 15 is 0 Å². The molecule has 0 aromatic heterocycles. The van der Waals surface area contributed by atoms with Gasteiger partial charge in [-0.25, -0.2) is 13.2 Å². The molecule has 0 aliphatic rings. The SMILES string of the molecule is Cc1ccc(F)cc1C(Cl)c1cc(F)c(Br)cc1F. The van der Waals surface area contributed by atoms with Gasteiger partial charge in [-0.3, -0.25) is 0 Å². The Kier molecular flexibility index (Phi) is 4.21. The van der Waals surface area contributed by atoms with Crippen molar-refractivity contribution in [3.05, 3.63) is 68.9 Å². The number of hydrogen-bond donors (Lipinski definition) is 0. The highest BCUT2D eigenvalue weighted by atomic mass is 79.9. The molecular formula is C14H9BrClF3. The third kappa shape index (κ3) is 2.95. The second kappa shape index (κ2) is 5.55. The van der Waals surface area contributed by atoms with Crippen LogP contribution >= 0.6 is 27.5 Å². The molecule has 2 aromatic carbocycles. The largest absolute Gasteiger partial charge is 0.207 e. The van der Waals surface area contributed by atoms with E-state index in [1.54, 1.807) is 13.0 Å². The monoisotopic (exact) mass is 348 g/mol. The lowest BCUT2D eigenvalue weighted by Crippen LogP contribution is -2.01. The highest BCUT2D eigenvalue weighted by Crippen LogP contribution is 2.34. The second-order valence-electron chi connectivity index (χ2n) is 4.15. The molecule has 0 saturated heterocycles. The van der Waals surface area contributed by atoms with Crippen molar-refractivity contribution in [2.75, 3.05) is 0 Å². The van der Waals surface area contributed by atoms with Crippen molar-refractivity contribution in [3.8, 4) is 0 Å². The minimum Gasteiger partial charge on any atom is -0.207 e. The van der Waals surface area contributed by atoms with Gasteiger partial charge < -0.3 is 0 Å². The fraction of sp³-hybridized carbons (Fsp3) is 0.143. The van der Waals surface area contributed by atoms with Crippen molar-refractivity contribution < 1.29 is 13.2 Å². The lowest BCUT2D eigenvalue weighted by molar-refractivity contribution is 0.581. The molecule has 5 heteroatoms. The van der Waals surface area contributed by atoms with E-state index in [9.17, 15) is 13.2 Å². The predicted octanol–water partition coefficient (Wildman–Crippen LogP) is 5.50. The molecule has 0 aliphatic carbocycles. The molecule has 0 amide bonds. The zero-order valence-corrected chi connectivity index (χ0v) is 12.2. The van der Waals surface area contributed by atoms with Gasteiger partial charge in [0.2, 0.25) is 0 Å². The Morgan fingerprint density at radius 3 is 2.37 bits per heavy atom. The van der Waals surface area contributed by atoms with E-state index in [0.29, 0.717) is 11.1 Å². The van der Waals surface area contributed by atoms with E-state index in [2.05, 4.69) is 15.9 Å². The minimum atomic E-state index is -0.946. The van der Waals surface area contributed by atoms with Crippen molar-refractivity contribution in [1.82, 2.24) is 0 Å². The van der Waals surface area contributed by atoms with Crippen LogP contribution in [0.3, 0.4) is 0 Å². The number of rotatable bonds is 2. The highest BCUT2D eigenvalue weighted by Gasteiger charge is 2.19. The van der Waals surface area contributed by atoms with Crippen LogP contribution in [0.2, 0.25) is 0 Å². The molecule has 0 radical (unpaired) electrons. The lowest BCUT2D eigenvalue weighted by atomic mass is 9.99. The molecule has 19 heavy (non-hydrogen) atoms. The summed E-state index contributed by atoms with van der Waals surface area (Å²) < 4.78 is 40.5. The van der Waals surface area contributed by atoms with E-state index < -0.39 is 22.8 Å². The molecule has 0 nitrogen and oxygen atoms in total. The summed E-state index contributed by atoms with van der Waals surface area (Å²) in [6.45, 7) is 1.73. The minimum absolute atomic E-state index is 0.0175. The Balaban J connectivity index is 2.52. The van der Waals surface area contributed by atoms with E-state index in [4.69, 9.17) is 11.6 Å². The summed E-state index contributed by atoms with van der Waals surface area (Å²) in [4.78, 5) is 0. The van der Waals surface area contributed by atoms with Crippen LogP contribution in [0.15, 0.2) is 34.8 Å². The summed E-state index contributed by atoms with van der Waals surface area (Å²) >= 11 is 9.04. The Bertz CT molecular complexity index is 628. The second-order valence-corrected chi connectivity index (χ2v) is 5.44. The number of halogens is 5. The number of hydrogen-bond acceptors (Lipinski definition) is 0. The summed E-state index contributed by atoms with van der Waals surface area (Å²) in [5.74, 6) is -1.72. The zero-order valence-electron chi connectivity index (χ0n) is 9.85. The Labute approximate surface area is 122 Å². The lowest BCUT2D eigenvalue weighted by Gasteiger charge is -2.14. The third-order valence-electron chi connectivity index (χ3n) is 2.83. The van der Waals surface area contributed by atoms with Gasteiger partial charge in [0.15, 0.2) is 0 Å². The normalized spacial score (nSPS) is 12.5. The van der Waals surface area contributed by atoms with Crippen LogP contribution in [0.5, 0.6) is 0 Å². The molecule has 0 heterocycles. The molecule has 2 aromatic rings. The maximum Gasteiger partial charge on any atom is 0.137 e. The fourth-order valence-electron chi connectivity index (χ4n) is 1.78. The number of aryl methyl sites for hydroxylation is 1. The highest BCUT2D eigenvalue weighted by molar-refractivity contribution is 9.10. The van der Waals surface area contributed by atoms with Gasteiger partial charge in [0, 0.05) is 5.56 Å². The number of alkyl halides is 1. The van der Waals surface area contributed by atoms with Gasteiger partial charge in [-0.2, -0.15) is 0 Å². The molecule has 0 aliphatic heterocycles. The van der Waals surface area contributed by atoms with Crippen molar-refractivity contribution in [2.24, 2.45) is 0 Å². The van der Waals surface area contributed by atoms with Crippen molar-refractivity contribution in [1.29, 1.82) is 0 Å². The van der Waals surface area contributed by atoms with E-state index in [0.717, 1.165) is 12.1 Å². The molecule has 0 saturated carbocycles. The topological polar surface area (TPSA) is 0 Å². The van der Waals surface area contributed by atoms with E-state index in [1.807, 2.05) is 0 Å². The molecule has 0 N–H and O–H groups in total. The first-order valence-corrected chi connectivity index (χ1v) is 6.67. The molecule has 2 rings (SSSR count). The van der Waals surface area contributed by atoms with Gasteiger partial charge in [0.05, 0.1) is 9.85 Å². The van der Waals surface area contributed by atoms with Crippen LogP contribution in [-0.4, -0.2) is 0 Å². The fourth-order valence-corrected chi connectivity index (χ4v) is 2.50. The summed E-state index contributed by atoms with van der Waals surface area (Å²) in [6.07, 6.45) is 0. The van der Waals surface area contributed by atoms with Crippen LogP contribution in [0.25, 0.3) is 0 Å². The standard InChI is InChI=1S/C14H9BrClF3/c1-7-2-3-8(17)4-9(7)14(16)10-5-13(19)11(15)6-12(10)18/h2-6,14H,1H3. The third-order valence-corrected chi connectivity index (χ3v) is 3.90. The van der Waals surface area contributed by atoms with Gasteiger partial charge in [-0.1, -0.05) is 6.07 Å². The Morgan fingerprint density at radius 2 is 1.68 bits per heavy atom. The van der Waals surface area contributed by atoms with Gasteiger partial charge in [0.1, 0.15) is 17.5 Å². The van der Waals surface area contributed by atoms with Crippen molar-refractivity contribution in [3.63, 3.8) is 0 Å². The summed E-state index contributed by atoms with van der Waals surface area (Å²) in [6, 6.07) is 6.09. The predicted molar refractivity (Wildman–Crippen MR) is 72.9 cm³/mol. The first-order chi connectivity index (χ1) is 8.90. The molecule has 0 spiro atoms. The molecule has 0 fully saturated rings. The van der Waals surface area contributed by atoms with Crippen LogP contribution in [0.4, 0.5) is 13.2 Å². The zero-order chi connectivity index (χ0) is 14.2. The van der Waals surface area contributed by atoms with E-state index in [1.165, 1.54) is 12.1 Å². The van der Waals surface area contributed by atoms with Gasteiger partial charge in [-0.05, 0) is 58.2 Å². The quantitative estimate of drug-likeness (QED) is 0.496. The Hall–Kier alpha value is -1.00. The molecule has 100 valence electrons. The Morgan fingerprint density at radius 1 is 1.00 bits per heavy atom. The van der Waals surface area contributed by atoms with Crippen LogP contribution in [0, 0.1) is 24.4 Å². The van der Waals surface area contributed by atoms with Crippen LogP contribution in [0.1, 0.15) is 22.1 Å². The summed E-state index contributed by atoms with van der Waals surface area (Å²) in [5, 5.41) is -0.946. The number of benzene rings is 2. The average molecular weight is 350 g/mol. The molecule has 1 unspecified atom stereocenters. The van der Waals surface area contributed by atoms with Gasteiger partial charge in [0.25, 0.3) is 0 Å². The first kappa shape index (κ1) is 14.4. The first-order valence-electron chi connectivity index (χ1n) is 5.44. The molecular weight excluding hydrogens is 341 g/mol. The van der Waals surface area contributed by atoms with Crippen molar-refractivity contribution >= 4 is 27.5 Å². The summed E-state index contributed by atoms with van der Waals surface area (Å²) in [5.41, 5.74) is 1.11.